The number of aliphatic imine (C=N–C) groups is 1. The largest absolute Gasteiger partial charge is 0.491 e. The molecule has 1 atom stereocenters. The molecule has 32 heavy (non-hydrogen) atoms. The highest BCUT2D eigenvalue weighted by Crippen LogP contribution is 2.22. The normalized spacial score (nSPS) is 16.4. The van der Waals surface area contributed by atoms with Crippen molar-refractivity contribution in [1.82, 2.24) is 15.5 Å². The molecule has 0 spiro atoms. The summed E-state index contributed by atoms with van der Waals surface area (Å²) in [6, 6.07) is 15.0. The van der Waals surface area contributed by atoms with Crippen molar-refractivity contribution in [3.05, 3.63) is 64.7 Å². The summed E-state index contributed by atoms with van der Waals surface area (Å²) in [5.41, 5.74) is 4.81. The SMILES string of the molecule is CCNC(=NCc1cccc(CN(C)C)c1)NCc1ccc(C)cc1OCC1CCCO1. The zero-order valence-corrected chi connectivity index (χ0v) is 20.0. The second kappa shape index (κ2) is 12.5. The third kappa shape index (κ3) is 7.84. The molecule has 1 heterocycles. The average Bonchev–Trinajstić information content (AvgIpc) is 3.28. The summed E-state index contributed by atoms with van der Waals surface area (Å²) >= 11 is 0. The van der Waals surface area contributed by atoms with Gasteiger partial charge in [0.25, 0.3) is 0 Å². The zero-order chi connectivity index (χ0) is 22.8. The summed E-state index contributed by atoms with van der Waals surface area (Å²) in [6.45, 7) is 8.63. The van der Waals surface area contributed by atoms with Crippen LogP contribution in [0.3, 0.4) is 0 Å². The standard InChI is InChI=1S/C26H38N4O2/c1-5-27-26(28-16-21-8-6-9-22(15-21)18-30(3)4)29-17-23-12-11-20(2)14-25(23)32-19-24-10-7-13-31-24/h6,8-9,11-12,14-15,24H,5,7,10,13,16-19H2,1-4H3,(H2,27,28,29). The second-order valence-electron chi connectivity index (χ2n) is 8.66. The van der Waals surface area contributed by atoms with Gasteiger partial charge in [0.1, 0.15) is 12.4 Å². The Kier molecular flexibility index (Phi) is 9.38. The lowest BCUT2D eigenvalue weighted by atomic mass is 10.1. The maximum Gasteiger partial charge on any atom is 0.191 e. The van der Waals surface area contributed by atoms with Crippen LogP contribution < -0.4 is 15.4 Å². The monoisotopic (exact) mass is 438 g/mol. The van der Waals surface area contributed by atoms with Gasteiger partial charge in [0.2, 0.25) is 0 Å². The number of ether oxygens (including phenoxy) is 2. The molecule has 1 fully saturated rings. The van der Waals surface area contributed by atoms with Gasteiger partial charge in [-0.2, -0.15) is 0 Å². The summed E-state index contributed by atoms with van der Waals surface area (Å²) in [5.74, 6) is 1.72. The summed E-state index contributed by atoms with van der Waals surface area (Å²) in [5, 5.41) is 6.81. The first-order valence-electron chi connectivity index (χ1n) is 11.6. The van der Waals surface area contributed by atoms with E-state index < -0.39 is 0 Å². The van der Waals surface area contributed by atoms with Crippen LogP contribution in [0.1, 0.15) is 42.0 Å². The number of rotatable bonds is 10. The van der Waals surface area contributed by atoms with Crippen LogP contribution in [0.5, 0.6) is 5.75 Å². The molecule has 174 valence electrons. The molecule has 1 aliphatic rings. The van der Waals surface area contributed by atoms with Gasteiger partial charge in [0, 0.05) is 31.8 Å². The van der Waals surface area contributed by atoms with Crippen molar-refractivity contribution in [2.45, 2.75) is 52.4 Å². The van der Waals surface area contributed by atoms with E-state index in [-0.39, 0.29) is 6.10 Å². The predicted octanol–water partition coefficient (Wildman–Crippen LogP) is 3.87. The fourth-order valence-corrected chi connectivity index (χ4v) is 3.78. The second-order valence-corrected chi connectivity index (χ2v) is 8.66. The van der Waals surface area contributed by atoms with E-state index in [0.29, 0.717) is 19.7 Å². The fraction of sp³-hybridized carbons (Fsp3) is 0.500. The highest BCUT2D eigenvalue weighted by Gasteiger charge is 2.17. The average molecular weight is 439 g/mol. The van der Waals surface area contributed by atoms with Crippen molar-refractivity contribution in [3.8, 4) is 5.75 Å². The van der Waals surface area contributed by atoms with E-state index in [1.807, 2.05) is 0 Å². The first-order valence-corrected chi connectivity index (χ1v) is 11.6. The maximum absolute atomic E-state index is 6.14. The van der Waals surface area contributed by atoms with Crippen LogP contribution in [0.2, 0.25) is 0 Å². The minimum Gasteiger partial charge on any atom is -0.491 e. The topological polar surface area (TPSA) is 58.1 Å². The molecule has 1 unspecified atom stereocenters. The minimum absolute atomic E-state index is 0.207. The molecule has 6 nitrogen and oxygen atoms in total. The van der Waals surface area contributed by atoms with Crippen LogP contribution in [0, 0.1) is 6.92 Å². The van der Waals surface area contributed by atoms with Crippen LogP contribution >= 0.6 is 0 Å². The number of hydrogen-bond donors (Lipinski definition) is 2. The van der Waals surface area contributed by atoms with E-state index in [0.717, 1.165) is 49.8 Å². The summed E-state index contributed by atoms with van der Waals surface area (Å²) in [4.78, 5) is 6.97. The molecule has 0 radical (unpaired) electrons. The lowest BCUT2D eigenvalue weighted by Crippen LogP contribution is -2.37. The fourth-order valence-electron chi connectivity index (χ4n) is 3.78. The van der Waals surface area contributed by atoms with E-state index in [4.69, 9.17) is 14.5 Å². The number of guanidine groups is 1. The van der Waals surface area contributed by atoms with E-state index in [1.165, 1.54) is 16.7 Å². The van der Waals surface area contributed by atoms with Gasteiger partial charge in [0.05, 0.1) is 12.6 Å². The van der Waals surface area contributed by atoms with Gasteiger partial charge in [-0.15, -0.1) is 0 Å². The highest BCUT2D eigenvalue weighted by atomic mass is 16.5. The van der Waals surface area contributed by atoms with Gasteiger partial charge in [-0.1, -0.05) is 36.4 Å². The molecule has 2 aromatic carbocycles. The Hall–Kier alpha value is -2.57. The molecule has 2 N–H and O–H groups in total. The molecule has 1 saturated heterocycles. The maximum atomic E-state index is 6.14. The van der Waals surface area contributed by atoms with Crippen molar-refractivity contribution in [1.29, 1.82) is 0 Å². The van der Waals surface area contributed by atoms with E-state index in [1.54, 1.807) is 0 Å². The lowest BCUT2D eigenvalue weighted by Gasteiger charge is -2.17. The Morgan fingerprint density at radius 2 is 2.00 bits per heavy atom. The number of aryl methyl sites for hydroxylation is 1. The quantitative estimate of drug-likeness (QED) is 0.436. The van der Waals surface area contributed by atoms with Crippen LogP contribution in [0.4, 0.5) is 0 Å². The summed E-state index contributed by atoms with van der Waals surface area (Å²) < 4.78 is 11.8. The van der Waals surface area contributed by atoms with Crippen molar-refractivity contribution in [3.63, 3.8) is 0 Å². The van der Waals surface area contributed by atoms with Gasteiger partial charge in [-0.3, -0.25) is 0 Å². The third-order valence-corrected chi connectivity index (χ3v) is 5.37. The molecule has 0 bridgehead atoms. The molecular formula is C26H38N4O2. The van der Waals surface area contributed by atoms with Crippen LogP contribution in [0.15, 0.2) is 47.5 Å². The van der Waals surface area contributed by atoms with Crippen molar-refractivity contribution < 1.29 is 9.47 Å². The van der Waals surface area contributed by atoms with Gasteiger partial charge in [-0.25, -0.2) is 4.99 Å². The van der Waals surface area contributed by atoms with Crippen LogP contribution in [0.25, 0.3) is 0 Å². The Labute approximate surface area is 193 Å². The Morgan fingerprint density at radius 3 is 2.75 bits per heavy atom. The molecule has 2 aromatic rings. The number of hydrogen-bond acceptors (Lipinski definition) is 4. The Balaban J connectivity index is 1.62. The first kappa shape index (κ1) is 24.1. The Morgan fingerprint density at radius 1 is 1.16 bits per heavy atom. The first-order chi connectivity index (χ1) is 15.5. The smallest absolute Gasteiger partial charge is 0.191 e. The number of nitrogens with zero attached hydrogens (tertiary/aromatic N) is 2. The van der Waals surface area contributed by atoms with Gasteiger partial charge < -0.3 is 25.0 Å². The molecule has 6 heteroatoms. The van der Waals surface area contributed by atoms with Crippen molar-refractivity contribution in [2.24, 2.45) is 4.99 Å². The molecule has 0 aliphatic carbocycles. The van der Waals surface area contributed by atoms with Gasteiger partial charge >= 0.3 is 0 Å². The Bertz CT molecular complexity index is 876. The molecule has 0 saturated carbocycles. The highest BCUT2D eigenvalue weighted by molar-refractivity contribution is 5.79. The predicted molar refractivity (Wildman–Crippen MR) is 131 cm³/mol. The van der Waals surface area contributed by atoms with Gasteiger partial charge in [0.15, 0.2) is 5.96 Å². The van der Waals surface area contributed by atoms with E-state index in [9.17, 15) is 0 Å². The van der Waals surface area contributed by atoms with Crippen LogP contribution in [-0.4, -0.2) is 50.8 Å². The zero-order valence-electron chi connectivity index (χ0n) is 20.0. The minimum atomic E-state index is 0.207. The summed E-state index contributed by atoms with van der Waals surface area (Å²) in [7, 11) is 4.17. The van der Waals surface area contributed by atoms with Crippen LogP contribution in [-0.2, 0) is 24.4 Å². The van der Waals surface area contributed by atoms with Crippen molar-refractivity contribution in [2.75, 3.05) is 33.9 Å². The summed E-state index contributed by atoms with van der Waals surface area (Å²) in [6.07, 6.45) is 2.40. The van der Waals surface area contributed by atoms with Crippen molar-refractivity contribution >= 4 is 5.96 Å². The van der Waals surface area contributed by atoms with E-state index in [2.05, 4.69) is 85.9 Å². The molecular weight excluding hydrogens is 400 g/mol. The third-order valence-electron chi connectivity index (χ3n) is 5.37. The molecule has 3 rings (SSSR count). The number of benzene rings is 2. The molecule has 0 amide bonds. The molecule has 1 aliphatic heterocycles. The van der Waals surface area contributed by atoms with E-state index >= 15 is 0 Å². The number of nitrogens with one attached hydrogen (secondary N) is 2. The van der Waals surface area contributed by atoms with Gasteiger partial charge in [-0.05, 0) is 63.5 Å². The molecule has 0 aromatic heterocycles. The lowest BCUT2D eigenvalue weighted by molar-refractivity contribution is 0.0676.